The molecular weight excluding hydrogens is 779 g/mol. The van der Waals surface area contributed by atoms with E-state index in [0.29, 0.717) is 6.42 Å². The van der Waals surface area contributed by atoms with Gasteiger partial charge in [0.05, 0.1) is 25.4 Å². The van der Waals surface area contributed by atoms with E-state index in [1.54, 1.807) is 6.08 Å². The average Bonchev–Trinajstić information content (AvgIpc) is 3.27. The molecule has 0 aromatic heterocycles. The zero-order chi connectivity index (χ0) is 45.1. The fourth-order valence-corrected chi connectivity index (χ4v) is 7.95. The molecule has 9 heteroatoms. The number of amides is 1. The number of allylic oxidation sites excluding steroid dienone is 7. The molecule has 0 aromatic carbocycles. The highest BCUT2D eigenvalue weighted by molar-refractivity contribution is 5.76. The fraction of sp³-hybridized carbons (Fsp3) is 0.830. The van der Waals surface area contributed by atoms with Gasteiger partial charge < -0.3 is 40.3 Å². The van der Waals surface area contributed by atoms with Gasteiger partial charge in [-0.15, -0.1) is 0 Å². The molecule has 1 aliphatic rings. The SMILES string of the molecule is CCCCCCCCCCC/C=C\CCCCCCCC(=O)NC(COC1OC(CO)C(O)C(O)C1O)C(O)/C=C/CC/C=C/CC/C=C/CCCCCCCCCCCCC. The Balaban J connectivity index is 2.35. The minimum absolute atomic E-state index is 0.199. The van der Waals surface area contributed by atoms with Crippen molar-refractivity contribution in [1.82, 2.24) is 5.32 Å². The second-order valence-electron chi connectivity index (χ2n) is 17.9. The van der Waals surface area contributed by atoms with Crippen LogP contribution in [0.4, 0.5) is 0 Å². The van der Waals surface area contributed by atoms with Crippen LogP contribution in [0, 0.1) is 0 Å². The topological polar surface area (TPSA) is 149 Å². The number of hydrogen-bond acceptors (Lipinski definition) is 8. The fourth-order valence-electron chi connectivity index (χ4n) is 7.95. The minimum atomic E-state index is -1.58. The zero-order valence-corrected chi connectivity index (χ0v) is 39.9. The molecule has 1 heterocycles. The summed E-state index contributed by atoms with van der Waals surface area (Å²) in [5.74, 6) is -0.199. The normalized spacial score (nSPS) is 20.7. The first-order valence-corrected chi connectivity index (χ1v) is 25.9. The van der Waals surface area contributed by atoms with Gasteiger partial charge in [0, 0.05) is 6.42 Å². The van der Waals surface area contributed by atoms with Crippen LogP contribution >= 0.6 is 0 Å². The zero-order valence-electron chi connectivity index (χ0n) is 39.9. The first-order chi connectivity index (χ1) is 30.3. The third kappa shape index (κ3) is 32.8. The van der Waals surface area contributed by atoms with Gasteiger partial charge in [-0.2, -0.15) is 0 Å². The van der Waals surface area contributed by atoms with E-state index in [9.17, 15) is 30.3 Å². The molecule has 1 rings (SSSR count). The number of rotatable bonds is 43. The maximum absolute atomic E-state index is 13.0. The summed E-state index contributed by atoms with van der Waals surface area (Å²) in [6, 6.07) is -0.833. The van der Waals surface area contributed by atoms with Crippen LogP contribution in [0.3, 0.4) is 0 Å². The van der Waals surface area contributed by atoms with Crippen molar-refractivity contribution >= 4 is 5.91 Å². The lowest BCUT2D eigenvalue weighted by atomic mass is 9.99. The lowest BCUT2D eigenvalue weighted by molar-refractivity contribution is -0.302. The van der Waals surface area contributed by atoms with Crippen LogP contribution in [-0.4, -0.2) is 87.5 Å². The highest BCUT2D eigenvalue weighted by atomic mass is 16.7. The molecule has 0 aromatic rings. The summed E-state index contributed by atoms with van der Waals surface area (Å²) in [5, 5.41) is 54.3. The van der Waals surface area contributed by atoms with E-state index >= 15 is 0 Å². The standard InChI is InChI=1S/C53H97NO8/c1-3-5-7-9-11-13-15-17-19-21-23-24-25-26-28-30-32-34-36-38-40-42-47(56)46(45-61-53-52(60)51(59)50(58)48(44-55)62-53)54-49(57)43-41-39-37-35-33-31-29-27-22-20-18-16-14-12-10-8-6-4-2/h25-27,29,32,34,40,42,46-48,50-53,55-56,58-60H,3-24,28,30-31,33,35-39,41,43-45H2,1-2H3,(H,54,57)/b26-25+,29-27-,34-32+,42-40+. The van der Waals surface area contributed by atoms with Gasteiger partial charge in [0.2, 0.25) is 5.91 Å². The molecule has 0 aliphatic carbocycles. The molecule has 0 bridgehead atoms. The Labute approximate surface area is 380 Å². The van der Waals surface area contributed by atoms with Gasteiger partial charge in [-0.1, -0.05) is 197 Å². The van der Waals surface area contributed by atoms with Gasteiger partial charge >= 0.3 is 0 Å². The molecular formula is C53H97NO8. The second-order valence-corrected chi connectivity index (χ2v) is 17.9. The first-order valence-electron chi connectivity index (χ1n) is 25.9. The van der Waals surface area contributed by atoms with Gasteiger partial charge in [0.1, 0.15) is 24.4 Å². The lowest BCUT2D eigenvalue weighted by Gasteiger charge is -2.40. The number of unbranched alkanes of at least 4 members (excludes halogenated alkanes) is 27. The summed E-state index contributed by atoms with van der Waals surface area (Å²) in [5.41, 5.74) is 0. The summed E-state index contributed by atoms with van der Waals surface area (Å²) in [6.07, 6.45) is 48.8. The molecule has 9 nitrogen and oxygen atoms in total. The van der Waals surface area contributed by atoms with Crippen LogP contribution in [0.1, 0.15) is 226 Å². The van der Waals surface area contributed by atoms with Gasteiger partial charge in [-0.25, -0.2) is 0 Å². The van der Waals surface area contributed by atoms with E-state index in [1.807, 2.05) is 6.08 Å². The monoisotopic (exact) mass is 876 g/mol. The van der Waals surface area contributed by atoms with E-state index in [2.05, 4.69) is 55.6 Å². The Morgan fingerprint density at radius 1 is 0.532 bits per heavy atom. The molecule has 1 fully saturated rings. The van der Waals surface area contributed by atoms with Crippen molar-refractivity contribution in [2.24, 2.45) is 0 Å². The van der Waals surface area contributed by atoms with Crippen LogP contribution < -0.4 is 5.32 Å². The van der Waals surface area contributed by atoms with Gasteiger partial charge in [0.25, 0.3) is 0 Å². The highest BCUT2D eigenvalue weighted by Gasteiger charge is 2.44. The van der Waals surface area contributed by atoms with Crippen molar-refractivity contribution in [2.45, 2.75) is 269 Å². The molecule has 6 N–H and O–H groups in total. The maximum atomic E-state index is 13.0. The molecule has 1 amide bonds. The van der Waals surface area contributed by atoms with Gasteiger partial charge in [-0.05, 0) is 70.6 Å². The van der Waals surface area contributed by atoms with E-state index in [-0.39, 0.29) is 12.5 Å². The van der Waals surface area contributed by atoms with Crippen LogP contribution in [0.25, 0.3) is 0 Å². The van der Waals surface area contributed by atoms with Crippen molar-refractivity contribution < 1.29 is 39.8 Å². The third-order valence-corrected chi connectivity index (χ3v) is 12.1. The quantitative estimate of drug-likeness (QED) is 0.0262. The number of ether oxygens (including phenoxy) is 2. The van der Waals surface area contributed by atoms with E-state index in [1.165, 1.54) is 141 Å². The van der Waals surface area contributed by atoms with E-state index in [0.717, 1.165) is 64.2 Å². The maximum Gasteiger partial charge on any atom is 0.220 e. The molecule has 62 heavy (non-hydrogen) atoms. The Kier molecular flexibility index (Phi) is 40.4. The predicted octanol–water partition coefficient (Wildman–Crippen LogP) is 11.8. The molecule has 0 radical (unpaired) electrons. The molecule has 1 saturated heterocycles. The molecule has 0 saturated carbocycles. The Bertz CT molecular complexity index is 1110. The van der Waals surface area contributed by atoms with Gasteiger partial charge in [-0.3, -0.25) is 4.79 Å². The largest absolute Gasteiger partial charge is 0.394 e. The van der Waals surface area contributed by atoms with Crippen molar-refractivity contribution in [3.05, 3.63) is 48.6 Å². The number of aliphatic hydroxyl groups is 5. The molecule has 362 valence electrons. The summed E-state index contributed by atoms with van der Waals surface area (Å²) < 4.78 is 11.2. The van der Waals surface area contributed by atoms with Crippen LogP contribution in [0.2, 0.25) is 0 Å². The van der Waals surface area contributed by atoms with Crippen molar-refractivity contribution in [1.29, 1.82) is 0 Å². The Morgan fingerprint density at radius 3 is 1.35 bits per heavy atom. The summed E-state index contributed by atoms with van der Waals surface area (Å²) >= 11 is 0. The predicted molar refractivity (Wildman–Crippen MR) is 258 cm³/mol. The van der Waals surface area contributed by atoms with Crippen LogP contribution in [0.5, 0.6) is 0 Å². The summed E-state index contributed by atoms with van der Waals surface area (Å²) in [7, 11) is 0. The Morgan fingerprint density at radius 2 is 0.919 bits per heavy atom. The third-order valence-electron chi connectivity index (χ3n) is 12.1. The smallest absolute Gasteiger partial charge is 0.220 e. The Hall–Kier alpha value is -1.85. The number of nitrogens with one attached hydrogen (secondary N) is 1. The molecule has 0 spiro atoms. The summed E-state index contributed by atoms with van der Waals surface area (Å²) in [6.45, 7) is 3.76. The average molecular weight is 876 g/mol. The number of carbonyl (C=O) groups excluding carboxylic acids is 1. The first kappa shape index (κ1) is 58.2. The minimum Gasteiger partial charge on any atom is -0.394 e. The van der Waals surface area contributed by atoms with E-state index in [4.69, 9.17) is 9.47 Å². The molecule has 1 aliphatic heterocycles. The molecule has 7 atom stereocenters. The van der Waals surface area contributed by atoms with Crippen molar-refractivity contribution in [2.75, 3.05) is 13.2 Å². The summed E-state index contributed by atoms with van der Waals surface area (Å²) in [4.78, 5) is 13.0. The van der Waals surface area contributed by atoms with E-state index < -0.39 is 49.5 Å². The van der Waals surface area contributed by atoms with Crippen molar-refractivity contribution in [3.63, 3.8) is 0 Å². The van der Waals surface area contributed by atoms with Gasteiger partial charge in [0.15, 0.2) is 6.29 Å². The highest BCUT2D eigenvalue weighted by Crippen LogP contribution is 2.23. The van der Waals surface area contributed by atoms with Crippen molar-refractivity contribution in [3.8, 4) is 0 Å². The second kappa shape index (κ2) is 43.1. The number of aliphatic hydroxyl groups excluding tert-OH is 5. The number of hydrogen-bond donors (Lipinski definition) is 6. The molecule has 7 unspecified atom stereocenters. The lowest BCUT2D eigenvalue weighted by Crippen LogP contribution is -2.60. The van der Waals surface area contributed by atoms with Crippen LogP contribution in [0.15, 0.2) is 48.6 Å². The number of carbonyl (C=O) groups is 1. The van der Waals surface area contributed by atoms with Crippen LogP contribution in [-0.2, 0) is 14.3 Å².